The number of carbonyl (C=O) groups is 1. The third-order valence-corrected chi connectivity index (χ3v) is 6.31. The summed E-state index contributed by atoms with van der Waals surface area (Å²) in [4.78, 5) is 24.8. The molecule has 0 aromatic heterocycles. The first-order valence-corrected chi connectivity index (χ1v) is 13.0. The summed E-state index contributed by atoms with van der Waals surface area (Å²) in [6.45, 7) is 10.3. The number of amides is 1. The van der Waals surface area contributed by atoms with Gasteiger partial charge in [0, 0.05) is 20.0 Å². The number of likely N-dealkylation sites (N-methyl/N-ethyl adjacent to an activating group) is 1. The molecule has 1 unspecified atom stereocenters. The van der Waals surface area contributed by atoms with Crippen LogP contribution in [0.3, 0.4) is 0 Å². The van der Waals surface area contributed by atoms with E-state index < -0.39 is 0 Å². The molecule has 3 N–H and O–H groups in total. The van der Waals surface area contributed by atoms with Gasteiger partial charge in [0.2, 0.25) is 5.91 Å². The minimum Gasteiger partial charge on any atom is -0.382 e. The Hall–Kier alpha value is -2.38. The van der Waals surface area contributed by atoms with E-state index in [1.54, 1.807) is 0 Å². The van der Waals surface area contributed by atoms with Crippen LogP contribution in [0.4, 0.5) is 0 Å². The minimum atomic E-state index is 0.121. The monoisotopic (exact) mass is 471 g/mol. The summed E-state index contributed by atoms with van der Waals surface area (Å²) in [5, 5.41) is 5.02. The maximum Gasteiger partial charge on any atom is 0.219 e. The van der Waals surface area contributed by atoms with Crippen molar-refractivity contribution in [1.82, 2.24) is 15.3 Å². The van der Waals surface area contributed by atoms with Gasteiger partial charge >= 0.3 is 0 Å². The summed E-state index contributed by atoms with van der Waals surface area (Å²) >= 11 is 0. The zero-order chi connectivity index (χ0) is 24.8. The lowest BCUT2D eigenvalue weighted by molar-refractivity contribution is -0.183. The Kier molecular flexibility index (Phi) is 12.7. The van der Waals surface area contributed by atoms with E-state index in [-0.39, 0.29) is 12.1 Å². The molecule has 1 atom stereocenters. The molecule has 0 aromatic rings. The molecular weight excluding hydrogens is 426 g/mol. The summed E-state index contributed by atoms with van der Waals surface area (Å²) in [5.74, 6) is 0.665. The lowest BCUT2D eigenvalue weighted by atomic mass is 10.1. The third kappa shape index (κ3) is 9.11. The number of aliphatic imine (C=N–C) groups is 1. The molecule has 34 heavy (non-hydrogen) atoms. The fraction of sp³-hybridized carbons (Fsp3) is 0.630. The largest absolute Gasteiger partial charge is 0.382 e. The highest BCUT2D eigenvalue weighted by Gasteiger charge is 2.34. The highest BCUT2D eigenvalue weighted by atomic mass is 16.7. The van der Waals surface area contributed by atoms with Gasteiger partial charge in [-0.1, -0.05) is 70.8 Å². The highest BCUT2D eigenvalue weighted by Crippen LogP contribution is 2.26. The number of nitrogens with one attached hydrogen (secondary N) is 1. The van der Waals surface area contributed by atoms with Crippen molar-refractivity contribution in [1.29, 1.82) is 0 Å². The summed E-state index contributed by atoms with van der Waals surface area (Å²) in [5.41, 5.74) is 8.95. The molecular formula is C27H45N5O2. The molecule has 1 fully saturated rings. The van der Waals surface area contributed by atoms with Crippen molar-refractivity contribution in [2.75, 3.05) is 26.7 Å². The maximum atomic E-state index is 12.0. The van der Waals surface area contributed by atoms with Crippen LogP contribution in [0.1, 0.15) is 78.1 Å². The molecule has 1 amide bonds. The van der Waals surface area contributed by atoms with E-state index in [9.17, 15) is 4.79 Å². The normalized spacial score (nSPS) is 21.0. The molecule has 1 heterocycles. The molecule has 1 saturated heterocycles. The first kappa shape index (κ1) is 27.9. The average Bonchev–Trinajstić information content (AvgIpc) is 3.15. The van der Waals surface area contributed by atoms with Gasteiger partial charge in [0.15, 0.2) is 0 Å². The molecule has 0 spiro atoms. The minimum absolute atomic E-state index is 0.121. The van der Waals surface area contributed by atoms with Crippen LogP contribution in [0.25, 0.3) is 0 Å². The summed E-state index contributed by atoms with van der Waals surface area (Å²) < 4.78 is 0. The number of allylic oxidation sites excluding steroid dienone is 5. The van der Waals surface area contributed by atoms with Crippen LogP contribution in [0, 0.1) is 0 Å². The fourth-order valence-electron chi connectivity index (χ4n) is 4.21. The smallest absolute Gasteiger partial charge is 0.219 e. The second-order valence-corrected chi connectivity index (χ2v) is 9.06. The van der Waals surface area contributed by atoms with Crippen molar-refractivity contribution < 1.29 is 9.63 Å². The lowest BCUT2D eigenvalue weighted by Gasteiger charge is -2.26. The molecule has 7 heteroatoms. The Morgan fingerprint density at radius 2 is 1.88 bits per heavy atom. The topological polar surface area (TPSA) is 83.2 Å². The van der Waals surface area contributed by atoms with Crippen LogP contribution in [0.5, 0.6) is 0 Å². The molecule has 0 radical (unpaired) electrons. The summed E-state index contributed by atoms with van der Waals surface area (Å²) in [7, 11) is 2.03. The number of rotatable bonds is 15. The Morgan fingerprint density at radius 1 is 1.15 bits per heavy atom. The van der Waals surface area contributed by atoms with Gasteiger partial charge in [-0.15, -0.1) is 0 Å². The van der Waals surface area contributed by atoms with Crippen LogP contribution in [-0.4, -0.2) is 54.5 Å². The number of nitrogens with two attached hydrogens (primary N) is 1. The summed E-state index contributed by atoms with van der Waals surface area (Å²) in [6, 6.07) is 0. The van der Waals surface area contributed by atoms with E-state index in [0.717, 1.165) is 49.1 Å². The second kappa shape index (κ2) is 15.5. The van der Waals surface area contributed by atoms with Gasteiger partial charge in [0.05, 0.1) is 24.6 Å². The van der Waals surface area contributed by atoms with Crippen LogP contribution >= 0.6 is 0 Å². The fourth-order valence-corrected chi connectivity index (χ4v) is 4.21. The molecule has 7 nitrogen and oxygen atoms in total. The molecule has 0 saturated carbocycles. The van der Waals surface area contributed by atoms with Crippen molar-refractivity contribution in [2.24, 2.45) is 10.7 Å². The van der Waals surface area contributed by atoms with Gasteiger partial charge in [-0.2, -0.15) is 5.06 Å². The van der Waals surface area contributed by atoms with Crippen LogP contribution in [0.2, 0.25) is 0 Å². The van der Waals surface area contributed by atoms with Gasteiger partial charge in [0.1, 0.15) is 12.0 Å². The molecule has 2 aliphatic rings. The van der Waals surface area contributed by atoms with E-state index >= 15 is 0 Å². The molecule has 2 rings (SSSR count). The van der Waals surface area contributed by atoms with Gasteiger partial charge in [-0.25, -0.2) is 4.99 Å². The SMILES string of the molecule is C=C1C=CC=C/C1=N/C(N)=C1\CN(OCCCCNC(=O)CCCCCCCC)C(CC)N1C. The van der Waals surface area contributed by atoms with E-state index in [0.29, 0.717) is 31.9 Å². The predicted octanol–water partition coefficient (Wildman–Crippen LogP) is 4.80. The van der Waals surface area contributed by atoms with Crippen LogP contribution in [-0.2, 0) is 9.63 Å². The first-order valence-electron chi connectivity index (χ1n) is 13.0. The molecule has 0 aromatic carbocycles. The zero-order valence-corrected chi connectivity index (χ0v) is 21.5. The summed E-state index contributed by atoms with van der Waals surface area (Å²) in [6.07, 6.45) is 18.4. The van der Waals surface area contributed by atoms with Gasteiger partial charge in [-0.05, 0) is 37.3 Å². The Morgan fingerprint density at radius 3 is 2.62 bits per heavy atom. The average molecular weight is 472 g/mol. The Bertz CT molecular complexity index is 784. The van der Waals surface area contributed by atoms with Crippen molar-refractivity contribution in [3.05, 3.63) is 48.0 Å². The number of hydroxylamine groups is 2. The van der Waals surface area contributed by atoms with Crippen molar-refractivity contribution in [2.45, 2.75) is 84.2 Å². The number of unbranched alkanes of at least 4 members (excludes halogenated alkanes) is 6. The van der Waals surface area contributed by atoms with Crippen molar-refractivity contribution in [3.8, 4) is 0 Å². The lowest BCUT2D eigenvalue weighted by Crippen LogP contribution is -2.36. The third-order valence-electron chi connectivity index (χ3n) is 6.31. The maximum absolute atomic E-state index is 12.0. The highest BCUT2D eigenvalue weighted by molar-refractivity contribution is 6.11. The van der Waals surface area contributed by atoms with E-state index in [4.69, 9.17) is 10.6 Å². The number of hydrogen-bond donors (Lipinski definition) is 2. The van der Waals surface area contributed by atoms with Gasteiger partial charge in [0.25, 0.3) is 0 Å². The van der Waals surface area contributed by atoms with E-state index in [1.807, 2.05) is 36.4 Å². The van der Waals surface area contributed by atoms with E-state index in [1.165, 1.54) is 25.7 Å². The number of carbonyl (C=O) groups excluding carboxylic acids is 1. The molecule has 1 aliphatic heterocycles. The van der Waals surface area contributed by atoms with Gasteiger partial charge in [-0.3, -0.25) is 9.63 Å². The molecule has 190 valence electrons. The standard InChI is InChI=1S/C27H45N5O2/c1-5-7-8-9-10-11-18-25(33)29-19-14-15-20-34-32-21-24(31(4)26(32)6-2)27(28)30-23-17-13-12-16-22(23)3/h12-13,16-17,26H,3,5-11,14-15,18-21,28H2,1-2,4H3,(H,29,33)/b27-24+,30-23-. The Balaban J connectivity index is 1.69. The quantitative estimate of drug-likeness (QED) is 0.335. The number of hydrogen-bond acceptors (Lipinski definition) is 6. The van der Waals surface area contributed by atoms with Crippen LogP contribution < -0.4 is 11.1 Å². The number of nitrogens with zero attached hydrogens (tertiary/aromatic N) is 3. The molecule has 1 aliphatic carbocycles. The van der Waals surface area contributed by atoms with Crippen molar-refractivity contribution >= 4 is 11.6 Å². The predicted molar refractivity (Wildman–Crippen MR) is 141 cm³/mol. The van der Waals surface area contributed by atoms with Crippen molar-refractivity contribution in [3.63, 3.8) is 0 Å². The second-order valence-electron chi connectivity index (χ2n) is 9.06. The first-order chi connectivity index (χ1) is 16.5. The zero-order valence-electron chi connectivity index (χ0n) is 21.5. The Labute approximate surface area is 206 Å². The molecule has 0 bridgehead atoms. The van der Waals surface area contributed by atoms with Gasteiger partial charge < -0.3 is 16.0 Å². The van der Waals surface area contributed by atoms with Crippen LogP contribution in [0.15, 0.2) is 53.0 Å². The van der Waals surface area contributed by atoms with E-state index in [2.05, 4.69) is 35.6 Å².